The molecule has 0 aromatic carbocycles. The Labute approximate surface area is 119 Å². The van der Waals surface area contributed by atoms with E-state index in [1.165, 1.54) is 4.90 Å². The van der Waals surface area contributed by atoms with E-state index in [2.05, 4.69) is 5.32 Å². The van der Waals surface area contributed by atoms with Gasteiger partial charge in [-0.05, 0) is 19.9 Å². The number of rotatable bonds is 6. The van der Waals surface area contributed by atoms with E-state index in [-0.39, 0.29) is 37.4 Å². The highest BCUT2D eigenvalue weighted by Crippen LogP contribution is 2.06. The Morgan fingerprint density at radius 3 is 2.20 bits per heavy atom. The number of likely N-dealkylation sites (tertiary alicyclic amines) is 1. The van der Waals surface area contributed by atoms with Gasteiger partial charge in [-0.25, -0.2) is 0 Å². The average molecular weight is 284 g/mol. The molecule has 1 saturated heterocycles. The summed E-state index contributed by atoms with van der Waals surface area (Å²) < 4.78 is 0. The van der Waals surface area contributed by atoms with Crippen molar-refractivity contribution < 1.29 is 14.4 Å². The molecule has 7 heteroatoms. The van der Waals surface area contributed by atoms with E-state index in [1.54, 1.807) is 30.9 Å². The number of hydrogen-bond acceptors (Lipinski definition) is 4. The topological polar surface area (TPSA) is 73.0 Å². The molecule has 0 radical (unpaired) electrons. The van der Waals surface area contributed by atoms with E-state index in [0.717, 1.165) is 25.9 Å². The van der Waals surface area contributed by atoms with Crippen molar-refractivity contribution >= 4 is 17.7 Å². The number of hydrogen-bond donors (Lipinski definition) is 1. The van der Waals surface area contributed by atoms with Crippen molar-refractivity contribution in [3.8, 4) is 0 Å². The molecule has 0 bridgehead atoms. The summed E-state index contributed by atoms with van der Waals surface area (Å²) in [6.07, 6.45) is 2.07. The lowest BCUT2D eigenvalue weighted by molar-refractivity contribution is -0.133. The van der Waals surface area contributed by atoms with Crippen LogP contribution in [0.1, 0.15) is 12.8 Å². The Morgan fingerprint density at radius 1 is 1.05 bits per heavy atom. The van der Waals surface area contributed by atoms with Gasteiger partial charge in [0.25, 0.3) is 0 Å². The molecule has 3 amide bonds. The van der Waals surface area contributed by atoms with Crippen LogP contribution in [0.2, 0.25) is 0 Å². The summed E-state index contributed by atoms with van der Waals surface area (Å²) in [4.78, 5) is 39.7. The lowest BCUT2D eigenvalue weighted by Gasteiger charge is -2.19. The Hall–Kier alpha value is -1.63. The highest BCUT2D eigenvalue weighted by molar-refractivity contribution is 5.86. The zero-order valence-electron chi connectivity index (χ0n) is 12.5. The molecule has 1 N–H and O–H groups in total. The fourth-order valence-corrected chi connectivity index (χ4v) is 1.98. The number of carbonyl (C=O) groups excluding carboxylic acids is 3. The molecular weight excluding hydrogens is 260 g/mol. The predicted octanol–water partition coefficient (Wildman–Crippen LogP) is -1.25. The van der Waals surface area contributed by atoms with Crippen molar-refractivity contribution in [2.45, 2.75) is 12.8 Å². The van der Waals surface area contributed by atoms with Crippen LogP contribution in [-0.2, 0) is 14.4 Å². The van der Waals surface area contributed by atoms with Crippen molar-refractivity contribution in [3.63, 3.8) is 0 Å². The molecule has 114 valence electrons. The Kier molecular flexibility index (Phi) is 6.44. The first-order chi connectivity index (χ1) is 9.40. The van der Waals surface area contributed by atoms with Gasteiger partial charge < -0.3 is 15.1 Å². The minimum absolute atomic E-state index is 0.0360. The first-order valence-electron chi connectivity index (χ1n) is 6.83. The van der Waals surface area contributed by atoms with E-state index in [0.29, 0.717) is 0 Å². The molecule has 7 nitrogen and oxygen atoms in total. The molecule has 0 aromatic rings. The highest BCUT2D eigenvalue weighted by Gasteiger charge is 2.18. The van der Waals surface area contributed by atoms with Crippen LogP contribution in [0.25, 0.3) is 0 Å². The van der Waals surface area contributed by atoms with Gasteiger partial charge in [-0.1, -0.05) is 0 Å². The first kappa shape index (κ1) is 16.4. The van der Waals surface area contributed by atoms with Crippen LogP contribution in [0.3, 0.4) is 0 Å². The molecule has 1 heterocycles. The maximum absolute atomic E-state index is 11.7. The quantitative estimate of drug-likeness (QED) is 0.661. The average Bonchev–Trinajstić information content (AvgIpc) is 2.89. The lowest BCUT2D eigenvalue weighted by Crippen LogP contribution is -2.44. The van der Waals surface area contributed by atoms with Crippen LogP contribution in [0.4, 0.5) is 0 Å². The standard InChI is InChI=1S/C13H24N4O3/c1-15(2)13(20)10-16(3)9-11(18)14-8-12(19)17-6-4-5-7-17/h4-10H2,1-3H3,(H,14,18). The van der Waals surface area contributed by atoms with Crippen LogP contribution in [0.5, 0.6) is 0 Å². The smallest absolute Gasteiger partial charge is 0.241 e. The van der Waals surface area contributed by atoms with Crippen molar-refractivity contribution in [1.82, 2.24) is 20.0 Å². The molecule has 1 aliphatic rings. The van der Waals surface area contributed by atoms with E-state index in [1.807, 2.05) is 0 Å². The predicted molar refractivity (Wildman–Crippen MR) is 75.0 cm³/mol. The summed E-state index contributed by atoms with van der Waals surface area (Å²) in [5, 5.41) is 2.60. The fraction of sp³-hybridized carbons (Fsp3) is 0.769. The second-order valence-electron chi connectivity index (χ2n) is 5.33. The summed E-state index contributed by atoms with van der Waals surface area (Å²) in [6.45, 7) is 1.89. The van der Waals surface area contributed by atoms with Crippen LogP contribution in [0, 0.1) is 0 Å². The number of carbonyl (C=O) groups is 3. The number of nitrogens with zero attached hydrogens (tertiary/aromatic N) is 3. The molecule has 1 aliphatic heterocycles. The van der Waals surface area contributed by atoms with Crippen LogP contribution >= 0.6 is 0 Å². The summed E-state index contributed by atoms with van der Waals surface area (Å²) in [7, 11) is 5.04. The normalized spacial score (nSPS) is 14.5. The van der Waals surface area contributed by atoms with Gasteiger partial charge in [0, 0.05) is 27.2 Å². The Balaban J connectivity index is 2.22. The van der Waals surface area contributed by atoms with Crippen molar-refractivity contribution in [2.75, 3.05) is 53.9 Å². The van der Waals surface area contributed by atoms with Gasteiger partial charge in [-0.15, -0.1) is 0 Å². The Morgan fingerprint density at radius 2 is 1.65 bits per heavy atom. The first-order valence-corrected chi connectivity index (χ1v) is 6.83. The van der Waals surface area contributed by atoms with Gasteiger partial charge >= 0.3 is 0 Å². The number of nitrogens with one attached hydrogen (secondary N) is 1. The summed E-state index contributed by atoms with van der Waals surface area (Å²) >= 11 is 0. The van der Waals surface area contributed by atoms with E-state index < -0.39 is 0 Å². The molecule has 0 atom stereocenters. The minimum Gasteiger partial charge on any atom is -0.348 e. The van der Waals surface area contributed by atoms with Crippen molar-refractivity contribution in [1.29, 1.82) is 0 Å². The molecule has 0 unspecified atom stereocenters. The van der Waals surface area contributed by atoms with Gasteiger partial charge in [-0.2, -0.15) is 0 Å². The van der Waals surface area contributed by atoms with E-state index in [9.17, 15) is 14.4 Å². The van der Waals surface area contributed by atoms with Crippen molar-refractivity contribution in [3.05, 3.63) is 0 Å². The molecule has 0 saturated carbocycles. The fourth-order valence-electron chi connectivity index (χ4n) is 1.98. The zero-order chi connectivity index (χ0) is 15.1. The molecule has 0 aromatic heterocycles. The third-order valence-corrected chi connectivity index (χ3v) is 3.21. The third-order valence-electron chi connectivity index (χ3n) is 3.21. The van der Waals surface area contributed by atoms with E-state index in [4.69, 9.17) is 0 Å². The van der Waals surface area contributed by atoms with Gasteiger partial charge in [-0.3, -0.25) is 19.3 Å². The van der Waals surface area contributed by atoms with Gasteiger partial charge in [0.1, 0.15) is 0 Å². The Bertz CT molecular complexity index is 365. The summed E-state index contributed by atoms with van der Waals surface area (Å²) in [5.41, 5.74) is 0. The van der Waals surface area contributed by atoms with E-state index >= 15 is 0 Å². The van der Waals surface area contributed by atoms with Crippen LogP contribution in [-0.4, -0.2) is 86.3 Å². The lowest BCUT2D eigenvalue weighted by atomic mass is 10.4. The van der Waals surface area contributed by atoms with Gasteiger partial charge in [0.2, 0.25) is 17.7 Å². The second kappa shape index (κ2) is 7.84. The molecule has 0 aliphatic carbocycles. The number of likely N-dealkylation sites (N-methyl/N-ethyl adjacent to an activating group) is 2. The summed E-state index contributed by atoms with van der Waals surface area (Å²) in [5.74, 6) is -0.345. The van der Waals surface area contributed by atoms with Gasteiger partial charge in [0.05, 0.1) is 19.6 Å². The highest BCUT2D eigenvalue weighted by atomic mass is 16.2. The summed E-state index contributed by atoms with van der Waals surface area (Å²) in [6, 6.07) is 0. The minimum atomic E-state index is -0.244. The molecule has 20 heavy (non-hydrogen) atoms. The van der Waals surface area contributed by atoms with Crippen LogP contribution in [0.15, 0.2) is 0 Å². The van der Waals surface area contributed by atoms with Crippen molar-refractivity contribution in [2.24, 2.45) is 0 Å². The monoisotopic (exact) mass is 284 g/mol. The second-order valence-corrected chi connectivity index (χ2v) is 5.33. The maximum Gasteiger partial charge on any atom is 0.241 e. The molecule has 0 spiro atoms. The number of amides is 3. The van der Waals surface area contributed by atoms with Crippen LogP contribution < -0.4 is 5.32 Å². The SMILES string of the molecule is CN(CC(=O)NCC(=O)N1CCCC1)CC(=O)N(C)C. The molecular formula is C13H24N4O3. The largest absolute Gasteiger partial charge is 0.348 e. The zero-order valence-corrected chi connectivity index (χ0v) is 12.5. The molecule has 1 fully saturated rings. The third kappa shape index (κ3) is 5.56. The molecule has 1 rings (SSSR count). The maximum atomic E-state index is 11.7. The van der Waals surface area contributed by atoms with Gasteiger partial charge in [0.15, 0.2) is 0 Å².